The van der Waals surface area contributed by atoms with Gasteiger partial charge in [-0.25, -0.2) is 0 Å². The van der Waals surface area contributed by atoms with Crippen LogP contribution in [0.2, 0.25) is 5.02 Å². The molecule has 1 aromatic carbocycles. The molecule has 1 atom stereocenters. The second-order valence-electron chi connectivity index (χ2n) is 5.35. The lowest BCUT2D eigenvalue weighted by atomic mass is 10.1. The summed E-state index contributed by atoms with van der Waals surface area (Å²) in [5, 5.41) is 3.49. The number of ether oxygens (including phenoxy) is 1. The molecule has 110 valence electrons. The van der Waals surface area contributed by atoms with Gasteiger partial charge in [0.05, 0.1) is 18.1 Å². The third kappa shape index (κ3) is 4.69. The minimum absolute atomic E-state index is 0.0355. The molecule has 1 aliphatic carbocycles. The summed E-state index contributed by atoms with van der Waals surface area (Å²) in [4.78, 5) is 11.6. The van der Waals surface area contributed by atoms with Crippen molar-refractivity contribution in [2.75, 3.05) is 6.61 Å². The van der Waals surface area contributed by atoms with E-state index < -0.39 is 0 Å². The van der Waals surface area contributed by atoms with Gasteiger partial charge in [0.1, 0.15) is 5.75 Å². The van der Waals surface area contributed by atoms with Gasteiger partial charge in [0.15, 0.2) is 0 Å². The van der Waals surface area contributed by atoms with E-state index in [-0.39, 0.29) is 11.9 Å². The second-order valence-corrected chi connectivity index (χ2v) is 5.76. The van der Waals surface area contributed by atoms with Gasteiger partial charge in [-0.1, -0.05) is 23.7 Å². The Hall–Kier alpha value is -1.26. The number of halogens is 1. The summed E-state index contributed by atoms with van der Waals surface area (Å²) in [6.45, 7) is 2.27. The van der Waals surface area contributed by atoms with Crippen LogP contribution in [-0.2, 0) is 11.2 Å². The van der Waals surface area contributed by atoms with Crippen molar-refractivity contribution in [3.05, 3.63) is 28.8 Å². The van der Waals surface area contributed by atoms with E-state index in [0.717, 1.165) is 18.4 Å². The SMILES string of the molecule is CC(N)Cc1cccc(Cl)c1OCCC(=O)NC1CC1. The molecule has 4 nitrogen and oxygen atoms in total. The number of para-hydroxylation sites is 1. The van der Waals surface area contributed by atoms with Crippen molar-refractivity contribution in [3.8, 4) is 5.75 Å². The first-order valence-electron chi connectivity index (χ1n) is 7.01. The molecule has 2 rings (SSSR count). The average molecular weight is 297 g/mol. The summed E-state index contributed by atoms with van der Waals surface area (Å²) in [5.41, 5.74) is 6.80. The summed E-state index contributed by atoms with van der Waals surface area (Å²) < 4.78 is 5.69. The molecule has 0 aliphatic heterocycles. The second kappa shape index (κ2) is 6.95. The summed E-state index contributed by atoms with van der Waals surface area (Å²) in [5.74, 6) is 0.680. The maximum absolute atomic E-state index is 11.6. The fourth-order valence-electron chi connectivity index (χ4n) is 2.00. The van der Waals surface area contributed by atoms with Crippen LogP contribution in [0.4, 0.5) is 0 Å². The van der Waals surface area contributed by atoms with Crippen molar-refractivity contribution >= 4 is 17.5 Å². The third-order valence-corrected chi connectivity index (χ3v) is 3.41. The van der Waals surface area contributed by atoms with E-state index in [1.54, 1.807) is 6.07 Å². The zero-order valence-electron chi connectivity index (χ0n) is 11.7. The zero-order valence-corrected chi connectivity index (χ0v) is 12.5. The van der Waals surface area contributed by atoms with Crippen LogP contribution in [0, 0.1) is 0 Å². The topological polar surface area (TPSA) is 64.3 Å². The quantitative estimate of drug-likeness (QED) is 0.811. The highest BCUT2D eigenvalue weighted by Crippen LogP contribution is 2.29. The monoisotopic (exact) mass is 296 g/mol. The third-order valence-electron chi connectivity index (χ3n) is 3.11. The molecule has 1 fully saturated rings. The van der Waals surface area contributed by atoms with Crippen molar-refractivity contribution in [2.24, 2.45) is 5.73 Å². The van der Waals surface area contributed by atoms with Gasteiger partial charge in [-0.2, -0.15) is 0 Å². The maximum Gasteiger partial charge on any atom is 0.223 e. The van der Waals surface area contributed by atoms with Gasteiger partial charge >= 0.3 is 0 Å². The molecule has 0 aromatic heterocycles. The number of carbonyl (C=O) groups is 1. The molecular weight excluding hydrogens is 276 g/mol. The highest BCUT2D eigenvalue weighted by atomic mass is 35.5. The summed E-state index contributed by atoms with van der Waals surface area (Å²) >= 11 is 6.16. The van der Waals surface area contributed by atoms with Crippen LogP contribution < -0.4 is 15.8 Å². The van der Waals surface area contributed by atoms with Gasteiger partial charge in [0.25, 0.3) is 0 Å². The fourth-order valence-corrected chi connectivity index (χ4v) is 2.24. The number of amides is 1. The van der Waals surface area contributed by atoms with Crippen molar-refractivity contribution in [1.82, 2.24) is 5.32 Å². The molecular formula is C15H21ClN2O2. The minimum Gasteiger partial charge on any atom is -0.491 e. The van der Waals surface area contributed by atoms with Gasteiger partial charge in [-0.3, -0.25) is 4.79 Å². The van der Waals surface area contributed by atoms with E-state index >= 15 is 0 Å². The lowest BCUT2D eigenvalue weighted by molar-refractivity contribution is -0.121. The van der Waals surface area contributed by atoms with Crippen LogP contribution in [0.5, 0.6) is 5.75 Å². The van der Waals surface area contributed by atoms with Gasteiger partial charge in [0, 0.05) is 12.1 Å². The van der Waals surface area contributed by atoms with Gasteiger partial charge < -0.3 is 15.8 Å². The Balaban J connectivity index is 1.88. The molecule has 1 aromatic rings. The Bertz CT molecular complexity index is 473. The van der Waals surface area contributed by atoms with E-state index in [2.05, 4.69) is 5.32 Å². The number of nitrogens with one attached hydrogen (secondary N) is 1. The molecule has 1 unspecified atom stereocenters. The van der Waals surface area contributed by atoms with Crippen LogP contribution >= 0.6 is 11.6 Å². The number of hydrogen-bond acceptors (Lipinski definition) is 3. The minimum atomic E-state index is 0.0355. The van der Waals surface area contributed by atoms with Crippen molar-refractivity contribution in [2.45, 2.75) is 44.7 Å². The molecule has 1 aliphatic rings. The standard InChI is InChI=1S/C15H21ClN2O2/c1-10(17)9-11-3-2-4-13(16)15(11)20-8-7-14(19)18-12-5-6-12/h2-4,10,12H,5-9,17H2,1H3,(H,18,19). The van der Waals surface area contributed by atoms with Gasteiger partial charge in [-0.05, 0) is 37.8 Å². The Morgan fingerprint density at radius 1 is 1.55 bits per heavy atom. The van der Waals surface area contributed by atoms with Crippen LogP contribution in [0.1, 0.15) is 31.7 Å². The Morgan fingerprint density at radius 3 is 2.95 bits per heavy atom. The van der Waals surface area contributed by atoms with E-state index in [9.17, 15) is 4.79 Å². The number of benzene rings is 1. The molecule has 1 amide bonds. The predicted molar refractivity (Wildman–Crippen MR) is 80.1 cm³/mol. The highest BCUT2D eigenvalue weighted by molar-refractivity contribution is 6.32. The number of nitrogens with two attached hydrogens (primary N) is 1. The van der Waals surface area contributed by atoms with E-state index in [0.29, 0.717) is 36.3 Å². The molecule has 3 N–H and O–H groups in total. The number of rotatable bonds is 7. The summed E-state index contributed by atoms with van der Waals surface area (Å²) in [6, 6.07) is 6.04. The van der Waals surface area contributed by atoms with E-state index in [1.807, 2.05) is 19.1 Å². The first-order chi connectivity index (χ1) is 9.56. The first kappa shape index (κ1) is 15.1. The van der Waals surface area contributed by atoms with Gasteiger partial charge in [0.2, 0.25) is 5.91 Å². The number of carbonyl (C=O) groups excluding carboxylic acids is 1. The molecule has 20 heavy (non-hydrogen) atoms. The Labute approximate surface area is 124 Å². The van der Waals surface area contributed by atoms with Crippen molar-refractivity contribution in [1.29, 1.82) is 0 Å². The first-order valence-corrected chi connectivity index (χ1v) is 7.39. The van der Waals surface area contributed by atoms with Crippen LogP contribution in [0.3, 0.4) is 0 Å². The smallest absolute Gasteiger partial charge is 0.223 e. The highest BCUT2D eigenvalue weighted by Gasteiger charge is 2.23. The maximum atomic E-state index is 11.6. The van der Waals surface area contributed by atoms with E-state index in [4.69, 9.17) is 22.1 Å². The van der Waals surface area contributed by atoms with Gasteiger partial charge in [-0.15, -0.1) is 0 Å². The molecule has 0 radical (unpaired) electrons. The molecule has 0 saturated heterocycles. The largest absolute Gasteiger partial charge is 0.491 e. The van der Waals surface area contributed by atoms with Crippen LogP contribution in [-0.4, -0.2) is 24.6 Å². The fraction of sp³-hybridized carbons (Fsp3) is 0.533. The normalized spacial score (nSPS) is 15.8. The lowest BCUT2D eigenvalue weighted by Gasteiger charge is -2.14. The molecule has 0 bridgehead atoms. The molecule has 0 spiro atoms. The Morgan fingerprint density at radius 2 is 2.30 bits per heavy atom. The van der Waals surface area contributed by atoms with Crippen LogP contribution in [0.25, 0.3) is 0 Å². The number of hydrogen-bond donors (Lipinski definition) is 2. The molecule has 1 saturated carbocycles. The molecule has 5 heteroatoms. The molecule has 0 heterocycles. The predicted octanol–water partition coefficient (Wildman–Crippen LogP) is 2.28. The Kier molecular flexibility index (Phi) is 5.26. The van der Waals surface area contributed by atoms with E-state index in [1.165, 1.54) is 0 Å². The zero-order chi connectivity index (χ0) is 14.5. The van der Waals surface area contributed by atoms with Crippen molar-refractivity contribution in [3.63, 3.8) is 0 Å². The lowest BCUT2D eigenvalue weighted by Crippen LogP contribution is -2.26. The van der Waals surface area contributed by atoms with Crippen molar-refractivity contribution < 1.29 is 9.53 Å². The summed E-state index contributed by atoms with van der Waals surface area (Å²) in [7, 11) is 0. The van der Waals surface area contributed by atoms with Crippen LogP contribution in [0.15, 0.2) is 18.2 Å². The summed E-state index contributed by atoms with van der Waals surface area (Å²) in [6.07, 6.45) is 3.23. The average Bonchev–Trinajstić information content (AvgIpc) is 3.16.